The van der Waals surface area contributed by atoms with Gasteiger partial charge in [-0.25, -0.2) is 4.98 Å². The van der Waals surface area contributed by atoms with Gasteiger partial charge in [0.15, 0.2) is 5.65 Å². The molecule has 2 aromatic heterocycles. The number of carbonyl (C=O) groups excluding carboxylic acids is 1. The first-order valence-electron chi connectivity index (χ1n) is 7.53. The number of aromatic nitrogens is 3. The Kier molecular flexibility index (Phi) is 3.31. The Morgan fingerprint density at radius 3 is 2.50 bits per heavy atom. The Labute approximate surface area is 138 Å². The summed E-state index contributed by atoms with van der Waals surface area (Å²) in [5.41, 5.74) is 9.99. The van der Waals surface area contributed by atoms with Gasteiger partial charge in [0, 0.05) is 17.1 Å². The van der Waals surface area contributed by atoms with Gasteiger partial charge in [-0.05, 0) is 23.3 Å². The van der Waals surface area contributed by atoms with Crippen LogP contribution in [0.1, 0.15) is 10.4 Å². The van der Waals surface area contributed by atoms with E-state index in [1.807, 2.05) is 60.7 Å². The topological polar surface area (TPSA) is 84.7 Å². The van der Waals surface area contributed by atoms with Crippen molar-refractivity contribution in [3.05, 3.63) is 72.4 Å². The molecule has 0 aliphatic carbocycles. The molecule has 116 valence electrons. The van der Waals surface area contributed by atoms with E-state index in [4.69, 9.17) is 5.73 Å². The van der Waals surface area contributed by atoms with E-state index in [0.717, 1.165) is 27.8 Å². The van der Waals surface area contributed by atoms with Crippen LogP contribution in [0.2, 0.25) is 0 Å². The average Bonchev–Trinajstić information content (AvgIpc) is 3.05. The fourth-order valence-electron chi connectivity index (χ4n) is 2.94. The van der Waals surface area contributed by atoms with Crippen molar-refractivity contribution in [2.75, 3.05) is 0 Å². The molecule has 0 saturated carbocycles. The molecule has 0 aliphatic rings. The van der Waals surface area contributed by atoms with E-state index in [2.05, 4.69) is 15.2 Å². The van der Waals surface area contributed by atoms with Gasteiger partial charge in [-0.1, -0.05) is 48.5 Å². The molecule has 0 unspecified atom stereocenters. The van der Waals surface area contributed by atoms with Gasteiger partial charge in [-0.2, -0.15) is 5.10 Å². The van der Waals surface area contributed by atoms with Crippen LogP contribution < -0.4 is 5.73 Å². The molecule has 24 heavy (non-hydrogen) atoms. The smallest absolute Gasteiger partial charge is 0.250 e. The second-order valence-corrected chi connectivity index (χ2v) is 5.43. The molecule has 0 saturated heterocycles. The summed E-state index contributed by atoms with van der Waals surface area (Å²) in [7, 11) is 0. The molecule has 2 heterocycles. The predicted molar refractivity (Wildman–Crippen MR) is 93.3 cm³/mol. The van der Waals surface area contributed by atoms with Gasteiger partial charge in [0.05, 0.1) is 11.3 Å². The molecular formula is C19H14N4O. The molecule has 0 radical (unpaired) electrons. The number of primary amides is 1. The van der Waals surface area contributed by atoms with E-state index in [-0.39, 0.29) is 0 Å². The molecule has 5 heteroatoms. The molecule has 0 aliphatic heterocycles. The van der Waals surface area contributed by atoms with Crippen molar-refractivity contribution < 1.29 is 4.79 Å². The molecule has 3 N–H and O–H groups in total. The third-order valence-corrected chi connectivity index (χ3v) is 3.99. The first-order valence-corrected chi connectivity index (χ1v) is 7.53. The minimum Gasteiger partial charge on any atom is -0.366 e. The van der Waals surface area contributed by atoms with Crippen LogP contribution in [0.3, 0.4) is 0 Å². The predicted octanol–water partition coefficient (Wildman–Crippen LogP) is 3.39. The minimum atomic E-state index is -0.476. The summed E-state index contributed by atoms with van der Waals surface area (Å²) in [4.78, 5) is 16.4. The Bertz CT molecular complexity index is 1040. The minimum absolute atomic E-state index is 0.470. The Balaban J connectivity index is 2.02. The van der Waals surface area contributed by atoms with Gasteiger partial charge in [0.2, 0.25) is 5.91 Å². The Hall–Kier alpha value is -3.47. The van der Waals surface area contributed by atoms with Crippen molar-refractivity contribution in [2.24, 2.45) is 5.73 Å². The maximum absolute atomic E-state index is 12.2. The Morgan fingerprint density at radius 1 is 0.917 bits per heavy atom. The summed E-state index contributed by atoms with van der Waals surface area (Å²) in [5.74, 6) is -0.476. The maximum Gasteiger partial charge on any atom is 0.250 e. The fourth-order valence-corrected chi connectivity index (χ4v) is 2.94. The lowest BCUT2D eigenvalue weighted by Crippen LogP contribution is -2.14. The number of nitrogens with zero attached hydrogens (tertiary/aromatic N) is 2. The summed E-state index contributed by atoms with van der Waals surface area (Å²) in [6, 6.07) is 19.1. The van der Waals surface area contributed by atoms with Crippen LogP contribution >= 0.6 is 0 Å². The highest BCUT2D eigenvalue weighted by atomic mass is 16.1. The van der Waals surface area contributed by atoms with Crippen LogP contribution in [-0.2, 0) is 0 Å². The van der Waals surface area contributed by atoms with E-state index in [1.54, 1.807) is 6.20 Å². The van der Waals surface area contributed by atoms with Crippen molar-refractivity contribution in [3.8, 4) is 22.4 Å². The summed E-state index contributed by atoms with van der Waals surface area (Å²) in [5, 5.41) is 8.05. The highest BCUT2D eigenvalue weighted by molar-refractivity contribution is 6.08. The third kappa shape index (κ3) is 2.23. The van der Waals surface area contributed by atoms with Gasteiger partial charge in [0.1, 0.15) is 0 Å². The number of nitrogens with one attached hydrogen (secondary N) is 1. The molecule has 2 aromatic carbocycles. The number of aromatic amines is 1. The fraction of sp³-hybridized carbons (Fsp3) is 0. The normalized spacial score (nSPS) is 10.8. The number of hydrogen-bond acceptors (Lipinski definition) is 3. The second-order valence-electron chi connectivity index (χ2n) is 5.43. The van der Waals surface area contributed by atoms with Crippen LogP contribution in [0, 0.1) is 0 Å². The molecule has 0 atom stereocenters. The molecule has 0 spiro atoms. The molecule has 5 nitrogen and oxygen atoms in total. The number of carbonyl (C=O) groups is 1. The summed E-state index contributed by atoms with van der Waals surface area (Å²) in [6.45, 7) is 0. The van der Waals surface area contributed by atoms with Crippen molar-refractivity contribution in [2.45, 2.75) is 0 Å². The number of H-pyrrole nitrogens is 1. The molecule has 0 bridgehead atoms. The van der Waals surface area contributed by atoms with Crippen molar-refractivity contribution in [1.82, 2.24) is 15.2 Å². The molecule has 4 aromatic rings. The van der Waals surface area contributed by atoms with E-state index >= 15 is 0 Å². The zero-order chi connectivity index (χ0) is 16.5. The van der Waals surface area contributed by atoms with Gasteiger partial charge >= 0.3 is 0 Å². The van der Waals surface area contributed by atoms with E-state index in [0.29, 0.717) is 11.2 Å². The number of fused-ring (bicyclic) bond motifs is 1. The summed E-state index contributed by atoms with van der Waals surface area (Å²) < 4.78 is 0. The maximum atomic E-state index is 12.2. The lowest BCUT2D eigenvalue weighted by Gasteiger charge is -2.12. The zero-order valence-electron chi connectivity index (χ0n) is 12.7. The largest absolute Gasteiger partial charge is 0.366 e. The quantitative estimate of drug-likeness (QED) is 0.608. The van der Waals surface area contributed by atoms with E-state index in [1.165, 1.54) is 0 Å². The lowest BCUT2D eigenvalue weighted by atomic mass is 9.93. The number of amides is 1. The summed E-state index contributed by atoms with van der Waals surface area (Å²) >= 11 is 0. The average molecular weight is 314 g/mol. The standard InChI is InChI=1S/C19H14N4O/c20-18(24)16-13(12-6-2-1-3-7-12)8-4-9-14(16)17-15-10-5-11-21-19(15)23-22-17/h1-11H,(H2,20,24)(H,21,22,23). The van der Waals surface area contributed by atoms with E-state index < -0.39 is 5.91 Å². The lowest BCUT2D eigenvalue weighted by molar-refractivity contribution is 0.100. The van der Waals surface area contributed by atoms with Gasteiger partial charge in [-0.3, -0.25) is 9.89 Å². The highest BCUT2D eigenvalue weighted by Gasteiger charge is 2.19. The number of pyridine rings is 1. The highest BCUT2D eigenvalue weighted by Crippen LogP contribution is 2.34. The van der Waals surface area contributed by atoms with Crippen molar-refractivity contribution in [3.63, 3.8) is 0 Å². The van der Waals surface area contributed by atoms with Crippen LogP contribution in [0.15, 0.2) is 66.9 Å². The second kappa shape index (κ2) is 5.62. The van der Waals surface area contributed by atoms with Crippen molar-refractivity contribution >= 4 is 16.9 Å². The SMILES string of the molecule is NC(=O)c1c(-c2ccccc2)cccc1-c1[nH]nc2ncccc12. The monoisotopic (exact) mass is 314 g/mol. The first kappa shape index (κ1) is 14.1. The van der Waals surface area contributed by atoms with Gasteiger partial charge < -0.3 is 5.73 Å². The summed E-state index contributed by atoms with van der Waals surface area (Å²) in [6.07, 6.45) is 1.68. The number of benzene rings is 2. The molecule has 4 rings (SSSR count). The van der Waals surface area contributed by atoms with Gasteiger partial charge in [0.25, 0.3) is 0 Å². The van der Waals surface area contributed by atoms with Crippen molar-refractivity contribution in [1.29, 1.82) is 0 Å². The molecule has 0 fully saturated rings. The van der Waals surface area contributed by atoms with Gasteiger partial charge in [-0.15, -0.1) is 0 Å². The molecule has 1 amide bonds. The van der Waals surface area contributed by atoms with Crippen LogP contribution in [0.4, 0.5) is 0 Å². The first-order chi connectivity index (χ1) is 11.8. The Morgan fingerprint density at radius 2 is 1.71 bits per heavy atom. The number of rotatable bonds is 3. The zero-order valence-corrected chi connectivity index (χ0v) is 12.7. The third-order valence-electron chi connectivity index (χ3n) is 3.99. The number of nitrogens with two attached hydrogens (primary N) is 1. The molecular weight excluding hydrogens is 300 g/mol. The van der Waals surface area contributed by atoms with Crippen LogP contribution in [-0.4, -0.2) is 21.1 Å². The van der Waals surface area contributed by atoms with Crippen LogP contribution in [0.5, 0.6) is 0 Å². The number of hydrogen-bond donors (Lipinski definition) is 2. The van der Waals surface area contributed by atoms with Crippen LogP contribution in [0.25, 0.3) is 33.4 Å². The van der Waals surface area contributed by atoms with E-state index in [9.17, 15) is 4.79 Å².